The summed E-state index contributed by atoms with van der Waals surface area (Å²) in [6, 6.07) is 0.357. The summed E-state index contributed by atoms with van der Waals surface area (Å²) in [5, 5.41) is 4.35. The van der Waals surface area contributed by atoms with E-state index in [4.69, 9.17) is 5.73 Å². The minimum absolute atomic E-state index is 0. The van der Waals surface area contributed by atoms with Crippen LogP contribution in [0.4, 0.5) is 0 Å². The Hall–Kier alpha value is -0.580. The van der Waals surface area contributed by atoms with E-state index in [-0.39, 0.29) is 12.4 Å². The van der Waals surface area contributed by atoms with Crippen LogP contribution in [0.2, 0.25) is 0 Å². The Morgan fingerprint density at radius 1 is 1.56 bits per heavy atom. The number of aromatic nitrogens is 2. The first-order chi connectivity index (χ1) is 7.15. The minimum atomic E-state index is 0. The summed E-state index contributed by atoms with van der Waals surface area (Å²) in [7, 11) is 1.97. The van der Waals surface area contributed by atoms with Crippen LogP contribution in [-0.2, 0) is 13.6 Å². The summed E-state index contributed by atoms with van der Waals surface area (Å²) >= 11 is 0. The predicted molar refractivity (Wildman–Crippen MR) is 67.7 cm³/mol. The third kappa shape index (κ3) is 3.20. The molecule has 92 valence electrons. The fourth-order valence-electron chi connectivity index (χ4n) is 2.28. The summed E-state index contributed by atoms with van der Waals surface area (Å²) in [6.45, 7) is 5.25. The van der Waals surface area contributed by atoms with Crippen molar-refractivity contribution >= 4 is 12.4 Å². The van der Waals surface area contributed by atoms with Crippen LogP contribution in [0.1, 0.15) is 24.1 Å². The normalized spacial score (nSPS) is 21.8. The van der Waals surface area contributed by atoms with Crippen LogP contribution in [0.3, 0.4) is 0 Å². The van der Waals surface area contributed by atoms with Crippen molar-refractivity contribution in [1.82, 2.24) is 14.7 Å². The SMILES string of the molecule is Cc1nn(C)cc1CN1CCCC(N)C1.Cl. The quantitative estimate of drug-likeness (QED) is 0.847. The van der Waals surface area contributed by atoms with Gasteiger partial charge in [0.2, 0.25) is 0 Å². The molecule has 5 heteroatoms. The number of rotatable bonds is 2. The second-order valence-corrected chi connectivity index (χ2v) is 4.55. The molecule has 1 fully saturated rings. The van der Waals surface area contributed by atoms with Gasteiger partial charge in [-0.3, -0.25) is 9.58 Å². The van der Waals surface area contributed by atoms with Crippen LogP contribution in [0, 0.1) is 6.92 Å². The van der Waals surface area contributed by atoms with Gasteiger partial charge in [0, 0.05) is 37.9 Å². The number of halogens is 1. The monoisotopic (exact) mass is 244 g/mol. The predicted octanol–water partition coefficient (Wildman–Crippen LogP) is 1.07. The Kier molecular flexibility index (Phi) is 4.77. The lowest BCUT2D eigenvalue weighted by Gasteiger charge is -2.30. The molecule has 1 aromatic heterocycles. The molecule has 2 rings (SSSR count). The molecule has 1 saturated heterocycles. The molecule has 1 aliphatic heterocycles. The van der Waals surface area contributed by atoms with Gasteiger partial charge in [-0.2, -0.15) is 5.10 Å². The van der Waals surface area contributed by atoms with Crippen molar-refractivity contribution in [3.8, 4) is 0 Å². The number of aryl methyl sites for hydroxylation is 2. The van der Waals surface area contributed by atoms with Crippen LogP contribution in [0.25, 0.3) is 0 Å². The van der Waals surface area contributed by atoms with E-state index in [1.54, 1.807) is 0 Å². The van der Waals surface area contributed by atoms with E-state index >= 15 is 0 Å². The zero-order valence-corrected chi connectivity index (χ0v) is 10.8. The minimum Gasteiger partial charge on any atom is -0.327 e. The Bertz CT molecular complexity index is 337. The molecule has 2 heterocycles. The van der Waals surface area contributed by atoms with E-state index in [1.807, 2.05) is 11.7 Å². The second-order valence-electron chi connectivity index (χ2n) is 4.55. The first kappa shape index (κ1) is 13.5. The third-order valence-corrected chi connectivity index (χ3v) is 3.05. The van der Waals surface area contributed by atoms with Crippen molar-refractivity contribution in [2.75, 3.05) is 13.1 Å². The molecule has 1 atom stereocenters. The summed E-state index contributed by atoms with van der Waals surface area (Å²) in [5.74, 6) is 0. The van der Waals surface area contributed by atoms with Crippen molar-refractivity contribution < 1.29 is 0 Å². The topological polar surface area (TPSA) is 47.1 Å². The van der Waals surface area contributed by atoms with Gasteiger partial charge in [0.05, 0.1) is 5.69 Å². The fraction of sp³-hybridized carbons (Fsp3) is 0.727. The first-order valence-corrected chi connectivity index (χ1v) is 5.62. The van der Waals surface area contributed by atoms with Gasteiger partial charge >= 0.3 is 0 Å². The molecule has 16 heavy (non-hydrogen) atoms. The molecule has 0 bridgehead atoms. The van der Waals surface area contributed by atoms with Gasteiger partial charge in [-0.25, -0.2) is 0 Å². The molecule has 4 nitrogen and oxygen atoms in total. The zero-order chi connectivity index (χ0) is 10.8. The largest absolute Gasteiger partial charge is 0.327 e. The van der Waals surface area contributed by atoms with Crippen molar-refractivity contribution in [2.45, 2.75) is 32.4 Å². The lowest BCUT2D eigenvalue weighted by atomic mass is 10.1. The number of nitrogens with two attached hydrogens (primary N) is 1. The maximum Gasteiger partial charge on any atom is 0.0638 e. The Balaban J connectivity index is 0.00000128. The highest BCUT2D eigenvalue weighted by Crippen LogP contribution is 2.14. The molecular weight excluding hydrogens is 224 g/mol. The number of hydrogen-bond acceptors (Lipinski definition) is 3. The van der Waals surface area contributed by atoms with Crippen LogP contribution in [0.5, 0.6) is 0 Å². The number of likely N-dealkylation sites (tertiary alicyclic amines) is 1. The Morgan fingerprint density at radius 3 is 2.88 bits per heavy atom. The maximum absolute atomic E-state index is 5.96. The van der Waals surface area contributed by atoms with Gasteiger partial charge in [0.15, 0.2) is 0 Å². The standard InChI is InChI=1S/C11H20N4.ClH/c1-9-10(6-14(2)13-9)7-15-5-3-4-11(12)8-15;/h6,11H,3-5,7-8,12H2,1-2H3;1H. The molecule has 0 radical (unpaired) electrons. The van der Waals surface area contributed by atoms with Gasteiger partial charge in [-0.1, -0.05) is 0 Å². The Labute approximate surface area is 103 Å². The van der Waals surface area contributed by atoms with Gasteiger partial charge in [0.25, 0.3) is 0 Å². The Morgan fingerprint density at radius 2 is 2.31 bits per heavy atom. The summed E-state index contributed by atoms with van der Waals surface area (Å²) < 4.78 is 1.88. The van der Waals surface area contributed by atoms with E-state index in [0.29, 0.717) is 6.04 Å². The molecule has 0 aromatic carbocycles. The van der Waals surface area contributed by atoms with Crippen molar-refractivity contribution in [3.63, 3.8) is 0 Å². The smallest absolute Gasteiger partial charge is 0.0638 e. The van der Waals surface area contributed by atoms with Gasteiger partial charge in [-0.05, 0) is 26.3 Å². The molecule has 0 aliphatic carbocycles. The molecular formula is C11H21ClN4. The summed E-state index contributed by atoms with van der Waals surface area (Å²) in [6.07, 6.45) is 4.50. The third-order valence-electron chi connectivity index (χ3n) is 3.05. The van der Waals surface area contributed by atoms with E-state index in [9.17, 15) is 0 Å². The van der Waals surface area contributed by atoms with E-state index in [2.05, 4.69) is 23.1 Å². The number of hydrogen-bond donors (Lipinski definition) is 1. The molecule has 1 unspecified atom stereocenters. The highest BCUT2D eigenvalue weighted by molar-refractivity contribution is 5.85. The van der Waals surface area contributed by atoms with Gasteiger partial charge < -0.3 is 5.73 Å². The van der Waals surface area contributed by atoms with Crippen molar-refractivity contribution in [3.05, 3.63) is 17.5 Å². The second kappa shape index (κ2) is 5.66. The number of nitrogens with zero attached hydrogens (tertiary/aromatic N) is 3. The molecule has 2 N–H and O–H groups in total. The van der Waals surface area contributed by atoms with Crippen LogP contribution >= 0.6 is 12.4 Å². The zero-order valence-electron chi connectivity index (χ0n) is 10.0. The number of piperidine rings is 1. The maximum atomic E-state index is 5.96. The molecule has 0 saturated carbocycles. The fourth-order valence-corrected chi connectivity index (χ4v) is 2.28. The molecule has 1 aliphatic rings. The molecule has 0 amide bonds. The molecule has 1 aromatic rings. The van der Waals surface area contributed by atoms with Gasteiger partial charge in [-0.15, -0.1) is 12.4 Å². The summed E-state index contributed by atoms with van der Waals surface area (Å²) in [4.78, 5) is 2.43. The highest BCUT2D eigenvalue weighted by atomic mass is 35.5. The van der Waals surface area contributed by atoms with E-state index < -0.39 is 0 Å². The van der Waals surface area contributed by atoms with E-state index in [1.165, 1.54) is 24.9 Å². The average molecular weight is 245 g/mol. The van der Waals surface area contributed by atoms with Crippen LogP contribution < -0.4 is 5.73 Å². The van der Waals surface area contributed by atoms with Crippen LogP contribution in [0.15, 0.2) is 6.20 Å². The average Bonchev–Trinajstić information content (AvgIpc) is 2.45. The highest BCUT2D eigenvalue weighted by Gasteiger charge is 2.17. The van der Waals surface area contributed by atoms with Crippen LogP contribution in [-0.4, -0.2) is 33.8 Å². The lowest BCUT2D eigenvalue weighted by Crippen LogP contribution is -2.42. The van der Waals surface area contributed by atoms with Gasteiger partial charge in [0.1, 0.15) is 0 Å². The molecule has 0 spiro atoms. The van der Waals surface area contributed by atoms with Crippen molar-refractivity contribution in [2.24, 2.45) is 12.8 Å². The van der Waals surface area contributed by atoms with Crippen molar-refractivity contribution in [1.29, 1.82) is 0 Å². The first-order valence-electron chi connectivity index (χ1n) is 5.62. The lowest BCUT2D eigenvalue weighted by molar-refractivity contribution is 0.201. The summed E-state index contributed by atoms with van der Waals surface area (Å²) in [5.41, 5.74) is 8.42. The van der Waals surface area contributed by atoms with E-state index in [0.717, 1.165) is 18.8 Å².